The lowest BCUT2D eigenvalue weighted by molar-refractivity contribution is -0.120. The third-order valence-electron chi connectivity index (χ3n) is 3.33. The fraction of sp³-hybridized carbons (Fsp3) is 0.538. The average molecular weight is 248 g/mol. The van der Waals surface area contributed by atoms with Gasteiger partial charge in [0.2, 0.25) is 5.91 Å². The number of amides is 1. The lowest BCUT2D eigenvalue weighted by Crippen LogP contribution is -2.27. The SMILES string of the molecule is C[C@@H]1CNC[C@H]1C(=O)Nc1ccc(N(C)C)nc1. The van der Waals surface area contributed by atoms with E-state index < -0.39 is 0 Å². The molecule has 1 aliphatic heterocycles. The van der Waals surface area contributed by atoms with Crippen LogP contribution in [0.15, 0.2) is 18.3 Å². The van der Waals surface area contributed by atoms with Gasteiger partial charge in [-0.3, -0.25) is 4.79 Å². The van der Waals surface area contributed by atoms with Crippen molar-refractivity contribution in [3.63, 3.8) is 0 Å². The van der Waals surface area contributed by atoms with E-state index >= 15 is 0 Å². The van der Waals surface area contributed by atoms with Gasteiger partial charge in [0, 0.05) is 20.6 Å². The van der Waals surface area contributed by atoms with Crippen molar-refractivity contribution in [2.24, 2.45) is 11.8 Å². The Kier molecular flexibility index (Phi) is 3.81. The Morgan fingerprint density at radius 3 is 2.72 bits per heavy atom. The summed E-state index contributed by atoms with van der Waals surface area (Å²) < 4.78 is 0. The van der Waals surface area contributed by atoms with Crippen molar-refractivity contribution in [3.8, 4) is 0 Å². The molecule has 1 aromatic rings. The average Bonchev–Trinajstić information content (AvgIpc) is 2.76. The molecule has 2 rings (SSSR count). The molecule has 1 saturated heterocycles. The predicted molar refractivity (Wildman–Crippen MR) is 72.7 cm³/mol. The summed E-state index contributed by atoms with van der Waals surface area (Å²) in [4.78, 5) is 18.3. The first-order valence-electron chi connectivity index (χ1n) is 6.23. The minimum absolute atomic E-state index is 0.0542. The molecule has 1 aliphatic rings. The number of pyridine rings is 1. The number of aromatic nitrogens is 1. The summed E-state index contributed by atoms with van der Waals surface area (Å²) in [5.41, 5.74) is 0.754. The van der Waals surface area contributed by atoms with E-state index in [4.69, 9.17) is 0 Å². The second-order valence-electron chi connectivity index (χ2n) is 5.03. The summed E-state index contributed by atoms with van der Waals surface area (Å²) in [5, 5.41) is 6.15. The molecule has 98 valence electrons. The van der Waals surface area contributed by atoms with Crippen molar-refractivity contribution < 1.29 is 4.79 Å². The number of nitrogens with zero attached hydrogens (tertiary/aromatic N) is 2. The normalized spacial score (nSPS) is 22.8. The van der Waals surface area contributed by atoms with Gasteiger partial charge < -0.3 is 15.5 Å². The van der Waals surface area contributed by atoms with Crippen molar-refractivity contribution >= 4 is 17.4 Å². The fourth-order valence-electron chi connectivity index (χ4n) is 2.12. The summed E-state index contributed by atoms with van der Waals surface area (Å²) in [6.07, 6.45) is 1.69. The molecule has 0 spiro atoms. The van der Waals surface area contributed by atoms with Gasteiger partial charge in [-0.25, -0.2) is 4.98 Å². The van der Waals surface area contributed by atoms with Crippen LogP contribution in [-0.2, 0) is 4.79 Å². The lowest BCUT2D eigenvalue weighted by atomic mass is 9.97. The van der Waals surface area contributed by atoms with Crippen molar-refractivity contribution in [2.45, 2.75) is 6.92 Å². The monoisotopic (exact) mass is 248 g/mol. The van der Waals surface area contributed by atoms with Gasteiger partial charge in [0.15, 0.2) is 0 Å². The highest BCUT2D eigenvalue weighted by molar-refractivity contribution is 5.93. The molecule has 0 unspecified atom stereocenters. The summed E-state index contributed by atoms with van der Waals surface area (Å²) >= 11 is 0. The molecule has 1 fully saturated rings. The Balaban J connectivity index is 1.98. The van der Waals surface area contributed by atoms with Crippen LogP contribution in [0.1, 0.15) is 6.92 Å². The smallest absolute Gasteiger partial charge is 0.229 e. The van der Waals surface area contributed by atoms with E-state index in [1.165, 1.54) is 0 Å². The van der Waals surface area contributed by atoms with Gasteiger partial charge >= 0.3 is 0 Å². The zero-order chi connectivity index (χ0) is 13.1. The quantitative estimate of drug-likeness (QED) is 0.836. The molecule has 2 N–H and O–H groups in total. The molecular formula is C13H20N4O. The number of nitrogens with one attached hydrogen (secondary N) is 2. The van der Waals surface area contributed by atoms with Crippen LogP contribution in [0.5, 0.6) is 0 Å². The van der Waals surface area contributed by atoms with E-state index in [1.807, 2.05) is 31.1 Å². The summed E-state index contributed by atoms with van der Waals surface area (Å²) in [7, 11) is 3.87. The molecule has 1 amide bonds. The molecule has 5 heteroatoms. The number of carbonyl (C=O) groups is 1. The molecule has 0 radical (unpaired) electrons. The first-order valence-corrected chi connectivity index (χ1v) is 6.23. The Morgan fingerprint density at radius 2 is 2.22 bits per heavy atom. The highest BCUT2D eigenvalue weighted by atomic mass is 16.1. The second kappa shape index (κ2) is 5.35. The van der Waals surface area contributed by atoms with E-state index in [9.17, 15) is 4.79 Å². The zero-order valence-corrected chi connectivity index (χ0v) is 11.1. The van der Waals surface area contributed by atoms with Crippen molar-refractivity contribution in [3.05, 3.63) is 18.3 Å². The summed E-state index contributed by atoms with van der Waals surface area (Å²) in [5.74, 6) is 1.40. The maximum Gasteiger partial charge on any atom is 0.229 e. The van der Waals surface area contributed by atoms with Gasteiger partial charge in [0.1, 0.15) is 5.82 Å². The van der Waals surface area contributed by atoms with E-state index in [1.54, 1.807) is 6.20 Å². The minimum atomic E-state index is 0.0542. The highest BCUT2D eigenvalue weighted by Gasteiger charge is 2.29. The Bertz CT molecular complexity index is 416. The molecule has 0 saturated carbocycles. The first-order chi connectivity index (χ1) is 8.58. The maximum absolute atomic E-state index is 12.1. The van der Waals surface area contributed by atoms with Crippen LogP contribution < -0.4 is 15.5 Å². The molecule has 2 heterocycles. The number of hydrogen-bond acceptors (Lipinski definition) is 4. The Morgan fingerprint density at radius 1 is 1.44 bits per heavy atom. The number of anilines is 2. The van der Waals surface area contributed by atoms with E-state index in [0.717, 1.165) is 24.6 Å². The topological polar surface area (TPSA) is 57.3 Å². The number of hydrogen-bond donors (Lipinski definition) is 2. The van der Waals surface area contributed by atoms with E-state index in [0.29, 0.717) is 5.92 Å². The largest absolute Gasteiger partial charge is 0.363 e. The molecule has 0 aromatic carbocycles. The molecule has 18 heavy (non-hydrogen) atoms. The van der Waals surface area contributed by atoms with Gasteiger partial charge in [-0.1, -0.05) is 6.92 Å². The van der Waals surface area contributed by atoms with Gasteiger partial charge in [-0.15, -0.1) is 0 Å². The zero-order valence-electron chi connectivity index (χ0n) is 11.1. The van der Waals surface area contributed by atoms with Crippen LogP contribution in [0, 0.1) is 11.8 Å². The lowest BCUT2D eigenvalue weighted by Gasteiger charge is -2.15. The third-order valence-corrected chi connectivity index (χ3v) is 3.33. The van der Waals surface area contributed by atoms with E-state index in [2.05, 4.69) is 22.5 Å². The Hall–Kier alpha value is -1.62. The van der Waals surface area contributed by atoms with Crippen molar-refractivity contribution in [2.75, 3.05) is 37.4 Å². The second-order valence-corrected chi connectivity index (χ2v) is 5.03. The standard InChI is InChI=1S/C13H20N4O/c1-9-6-14-8-11(9)13(18)16-10-4-5-12(15-7-10)17(2)3/h4-5,7,9,11,14H,6,8H2,1-3H3,(H,16,18)/t9-,11-/m1/s1. The van der Waals surface area contributed by atoms with Crippen LogP contribution in [0.2, 0.25) is 0 Å². The molecular weight excluding hydrogens is 228 g/mol. The number of carbonyl (C=O) groups excluding carboxylic acids is 1. The molecule has 0 aliphatic carbocycles. The highest BCUT2D eigenvalue weighted by Crippen LogP contribution is 2.19. The molecule has 1 aromatic heterocycles. The number of rotatable bonds is 3. The Labute approximate surface area is 108 Å². The third kappa shape index (κ3) is 2.79. The molecule has 0 bridgehead atoms. The van der Waals surface area contributed by atoms with Gasteiger partial charge in [0.05, 0.1) is 17.8 Å². The van der Waals surface area contributed by atoms with Gasteiger partial charge in [-0.2, -0.15) is 0 Å². The predicted octanol–water partition coefficient (Wildman–Crippen LogP) is 0.942. The van der Waals surface area contributed by atoms with Crippen LogP contribution in [0.3, 0.4) is 0 Å². The van der Waals surface area contributed by atoms with Crippen LogP contribution in [-0.4, -0.2) is 38.1 Å². The van der Waals surface area contributed by atoms with E-state index in [-0.39, 0.29) is 11.8 Å². The fourth-order valence-corrected chi connectivity index (χ4v) is 2.12. The van der Waals surface area contributed by atoms with Crippen LogP contribution >= 0.6 is 0 Å². The van der Waals surface area contributed by atoms with Crippen molar-refractivity contribution in [1.29, 1.82) is 0 Å². The van der Waals surface area contributed by atoms with Crippen LogP contribution in [0.25, 0.3) is 0 Å². The first kappa shape index (κ1) is 12.8. The summed E-state index contributed by atoms with van der Waals surface area (Å²) in [6, 6.07) is 3.78. The minimum Gasteiger partial charge on any atom is -0.363 e. The van der Waals surface area contributed by atoms with Crippen molar-refractivity contribution in [1.82, 2.24) is 10.3 Å². The molecule has 5 nitrogen and oxygen atoms in total. The van der Waals surface area contributed by atoms with Gasteiger partial charge in [0.25, 0.3) is 0 Å². The van der Waals surface area contributed by atoms with Gasteiger partial charge in [-0.05, 0) is 24.6 Å². The molecule has 2 atom stereocenters. The maximum atomic E-state index is 12.1. The summed E-state index contributed by atoms with van der Waals surface area (Å²) in [6.45, 7) is 3.77. The van der Waals surface area contributed by atoms with Crippen LogP contribution in [0.4, 0.5) is 11.5 Å².